The number of hydrogen-bond donors (Lipinski definition) is 0. The van der Waals surface area contributed by atoms with E-state index < -0.39 is 0 Å². The Bertz CT molecular complexity index is 737. The molecule has 0 saturated carbocycles. The summed E-state index contributed by atoms with van der Waals surface area (Å²) in [4.78, 5) is 27.6. The zero-order chi connectivity index (χ0) is 18.6. The van der Waals surface area contributed by atoms with Gasteiger partial charge in [0.25, 0.3) is 0 Å². The molecule has 0 amide bonds. The lowest BCUT2D eigenvalue weighted by Crippen LogP contribution is -2.48. The van der Waals surface area contributed by atoms with Gasteiger partial charge in [-0.2, -0.15) is 0 Å². The van der Waals surface area contributed by atoms with Gasteiger partial charge in [-0.1, -0.05) is 6.92 Å². The highest BCUT2D eigenvalue weighted by Gasteiger charge is 2.22. The van der Waals surface area contributed by atoms with E-state index in [0.717, 1.165) is 82.3 Å². The summed E-state index contributed by atoms with van der Waals surface area (Å²) in [6.45, 7) is 13.2. The third-order valence-electron chi connectivity index (χ3n) is 5.39. The molecule has 0 spiro atoms. The van der Waals surface area contributed by atoms with Crippen molar-refractivity contribution in [2.45, 2.75) is 13.8 Å². The van der Waals surface area contributed by atoms with Crippen LogP contribution in [0.2, 0.25) is 0 Å². The molecule has 2 aromatic rings. The number of piperazine rings is 2. The molecule has 0 radical (unpaired) electrons. The summed E-state index contributed by atoms with van der Waals surface area (Å²) in [6, 6.07) is 4.01. The molecule has 0 atom stereocenters. The van der Waals surface area contributed by atoms with Crippen molar-refractivity contribution in [2.24, 2.45) is 0 Å². The van der Waals surface area contributed by atoms with Gasteiger partial charge >= 0.3 is 0 Å². The van der Waals surface area contributed by atoms with Crippen LogP contribution in [0.5, 0.6) is 0 Å². The van der Waals surface area contributed by atoms with Gasteiger partial charge in [0, 0.05) is 70.8 Å². The topological polar surface area (TPSA) is 64.5 Å². The molecule has 0 N–H and O–H groups in total. The monoisotopic (exact) mass is 368 g/mol. The van der Waals surface area contributed by atoms with Crippen molar-refractivity contribution < 1.29 is 0 Å². The number of likely N-dealkylation sites (N-methyl/N-ethyl adjacent to an activating group) is 1. The number of aryl methyl sites for hydroxylation is 1. The highest BCUT2D eigenvalue weighted by molar-refractivity contribution is 5.52. The zero-order valence-electron chi connectivity index (χ0n) is 16.3. The van der Waals surface area contributed by atoms with Crippen molar-refractivity contribution in [1.82, 2.24) is 24.8 Å². The molecule has 2 fully saturated rings. The van der Waals surface area contributed by atoms with Crippen molar-refractivity contribution in [3.8, 4) is 0 Å². The van der Waals surface area contributed by atoms with Crippen molar-refractivity contribution in [2.75, 3.05) is 73.6 Å². The van der Waals surface area contributed by atoms with Crippen molar-refractivity contribution >= 4 is 17.6 Å². The first-order valence-electron chi connectivity index (χ1n) is 9.83. The molecule has 8 nitrogen and oxygen atoms in total. The fourth-order valence-electron chi connectivity index (χ4n) is 3.74. The van der Waals surface area contributed by atoms with Crippen molar-refractivity contribution in [3.63, 3.8) is 0 Å². The quantitative estimate of drug-likeness (QED) is 0.793. The maximum Gasteiger partial charge on any atom is 0.225 e. The molecule has 2 aliphatic heterocycles. The van der Waals surface area contributed by atoms with Gasteiger partial charge < -0.3 is 19.6 Å². The first-order valence-corrected chi connectivity index (χ1v) is 9.83. The number of anilines is 3. The van der Waals surface area contributed by atoms with E-state index in [1.165, 1.54) is 0 Å². The Balaban J connectivity index is 1.43. The maximum absolute atomic E-state index is 4.71. The second-order valence-electron chi connectivity index (χ2n) is 7.08. The second-order valence-corrected chi connectivity index (χ2v) is 7.08. The van der Waals surface area contributed by atoms with E-state index in [1.807, 2.05) is 13.0 Å². The molecule has 4 rings (SSSR count). The van der Waals surface area contributed by atoms with Gasteiger partial charge in [-0.05, 0) is 19.5 Å². The minimum atomic E-state index is 0.811. The summed E-state index contributed by atoms with van der Waals surface area (Å²) in [5.41, 5.74) is 0. The molecule has 0 unspecified atom stereocenters. The Morgan fingerprint density at radius 1 is 0.778 bits per heavy atom. The summed E-state index contributed by atoms with van der Waals surface area (Å²) in [5.74, 6) is 3.74. The number of hydrogen-bond acceptors (Lipinski definition) is 8. The van der Waals surface area contributed by atoms with Crippen LogP contribution in [0.4, 0.5) is 17.6 Å². The first-order chi connectivity index (χ1) is 13.2. The first kappa shape index (κ1) is 17.9. The normalized spacial score (nSPS) is 18.8. The molecule has 2 aliphatic rings. The zero-order valence-corrected chi connectivity index (χ0v) is 16.3. The SMILES string of the molecule is CCN1CCN(c2cc(N3CCN(c4ncccn4)CC3)nc(C)n2)CC1. The summed E-state index contributed by atoms with van der Waals surface area (Å²) >= 11 is 0. The average Bonchev–Trinajstić information content (AvgIpc) is 2.74. The standard InChI is InChI=1S/C19H28N8/c1-3-24-7-9-25(10-8-24)17-15-18(23-16(2)22-17)26-11-13-27(14-12-26)19-20-5-4-6-21-19/h4-6,15H,3,7-14H2,1-2H3. The van der Waals surface area contributed by atoms with E-state index in [0.29, 0.717) is 0 Å². The van der Waals surface area contributed by atoms with Gasteiger partial charge in [0.15, 0.2) is 0 Å². The van der Waals surface area contributed by atoms with Gasteiger partial charge in [-0.15, -0.1) is 0 Å². The third kappa shape index (κ3) is 4.10. The molecule has 27 heavy (non-hydrogen) atoms. The molecule has 2 saturated heterocycles. The van der Waals surface area contributed by atoms with Crippen molar-refractivity contribution in [3.05, 3.63) is 30.4 Å². The molecule has 0 bridgehead atoms. The summed E-state index contributed by atoms with van der Waals surface area (Å²) in [7, 11) is 0. The summed E-state index contributed by atoms with van der Waals surface area (Å²) in [6.07, 6.45) is 3.60. The maximum atomic E-state index is 4.71. The Hall–Kier alpha value is -2.48. The Labute approximate surface area is 160 Å². The lowest BCUT2D eigenvalue weighted by atomic mass is 10.3. The molecule has 2 aromatic heterocycles. The van der Waals surface area contributed by atoms with Crippen molar-refractivity contribution in [1.29, 1.82) is 0 Å². The highest BCUT2D eigenvalue weighted by Crippen LogP contribution is 2.22. The Morgan fingerprint density at radius 3 is 1.85 bits per heavy atom. The fraction of sp³-hybridized carbons (Fsp3) is 0.579. The summed E-state index contributed by atoms with van der Waals surface area (Å²) < 4.78 is 0. The van der Waals surface area contributed by atoms with E-state index in [4.69, 9.17) is 9.97 Å². The minimum absolute atomic E-state index is 0.811. The molecule has 4 heterocycles. The molecule has 0 aliphatic carbocycles. The number of rotatable bonds is 4. The van der Waals surface area contributed by atoms with Crippen LogP contribution < -0.4 is 14.7 Å². The van der Waals surface area contributed by atoms with Gasteiger partial charge in [0.05, 0.1) is 0 Å². The van der Waals surface area contributed by atoms with Crippen LogP contribution in [0.25, 0.3) is 0 Å². The van der Waals surface area contributed by atoms with E-state index >= 15 is 0 Å². The largest absolute Gasteiger partial charge is 0.354 e. The van der Waals surface area contributed by atoms with Crippen LogP contribution in [-0.2, 0) is 0 Å². The second kappa shape index (κ2) is 8.04. The van der Waals surface area contributed by atoms with Crippen LogP contribution in [0.1, 0.15) is 12.7 Å². The van der Waals surface area contributed by atoms with E-state index in [2.05, 4.69) is 42.6 Å². The Kier molecular flexibility index (Phi) is 5.33. The average molecular weight is 368 g/mol. The van der Waals surface area contributed by atoms with E-state index in [1.54, 1.807) is 12.4 Å². The lowest BCUT2D eigenvalue weighted by Gasteiger charge is -2.37. The summed E-state index contributed by atoms with van der Waals surface area (Å²) in [5, 5.41) is 0. The van der Waals surface area contributed by atoms with Crippen LogP contribution in [0.3, 0.4) is 0 Å². The van der Waals surface area contributed by atoms with Crippen LogP contribution in [0, 0.1) is 6.92 Å². The van der Waals surface area contributed by atoms with Gasteiger partial charge in [-0.25, -0.2) is 19.9 Å². The molecule has 144 valence electrons. The minimum Gasteiger partial charge on any atom is -0.354 e. The smallest absolute Gasteiger partial charge is 0.225 e. The molecular formula is C19H28N8. The van der Waals surface area contributed by atoms with Crippen LogP contribution in [0.15, 0.2) is 24.5 Å². The van der Waals surface area contributed by atoms with E-state index in [9.17, 15) is 0 Å². The molecular weight excluding hydrogens is 340 g/mol. The predicted octanol–water partition coefficient (Wildman–Crippen LogP) is 1.04. The third-order valence-corrected chi connectivity index (χ3v) is 5.39. The van der Waals surface area contributed by atoms with Crippen LogP contribution >= 0.6 is 0 Å². The Morgan fingerprint density at radius 2 is 1.30 bits per heavy atom. The van der Waals surface area contributed by atoms with Gasteiger partial charge in [-0.3, -0.25) is 0 Å². The van der Waals surface area contributed by atoms with Gasteiger partial charge in [0.1, 0.15) is 17.5 Å². The molecule has 8 heteroatoms. The van der Waals surface area contributed by atoms with E-state index in [-0.39, 0.29) is 0 Å². The number of nitrogens with zero attached hydrogens (tertiary/aromatic N) is 8. The lowest BCUT2D eigenvalue weighted by molar-refractivity contribution is 0.270. The fourth-order valence-corrected chi connectivity index (χ4v) is 3.74. The number of aromatic nitrogens is 4. The van der Waals surface area contributed by atoms with Crippen LogP contribution in [-0.4, -0.2) is 83.7 Å². The molecule has 0 aromatic carbocycles. The predicted molar refractivity (Wildman–Crippen MR) is 108 cm³/mol. The van der Waals surface area contributed by atoms with Gasteiger partial charge in [0.2, 0.25) is 5.95 Å². The highest BCUT2D eigenvalue weighted by atomic mass is 15.3.